The zero-order valence-electron chi connectivity index (χ0n) is 25.3. The fraction of sp³-hybridized carbons (Fsp3) is 0.200. The molecule has 0 spiro atoms. The number of hydrogen-bond donors (Lipinski definition) is 0. The summed E-state index contributed by atoms with van der Waals surface area (Å²) < 4.78 is 23.5. The Balaban J connectivity index is 1.60. The number of carbonyl (C=O) groups excluding carboxylic acids is 1. The number of rotatable bonds is 6. The summed E-state index contributed by atoms with van der Waals surface area (Å²) in [4.78, 5) is 34.2. The first-order valence-corrected chi connectivity index (χ1v) is 16.0. The van der Waals surface area contributed by atoms with E-state index in [-0.39, 0.29) is 17.7 Å². The van der Waals surface area contributed by atoms with E-state index >= 15 is 0 Å². The molecular formula is C35H29FN4O3S2. The molecule has 0 N–H and O–H groups in total. The van der Waals surface area contributed by atoms with Crippen molar-refractivity contribution in [1.29, 1.82) is 5.26 Å². The Labute approximate surface area is 267 Å². The molecule has 2 aromatic carbocycles. The number of benzene rings is 2. The molecule has 4 heterocycles. The molecule has 1 aliphatic rings. The Morgan fingerprint density at radius 1 is 1.09 bits per heavy atom. The Bertz CT molecular complexity index is 2230. The van der Waals surface area contributed by atoms with Crippen LogP contribution in [0.2, 0.25) is 0 Å². The number of hydrogen-bond acceptors (Lipinski definition) is 7. The number of carbonyl (C=O) groups is 1. The Kier molecular flexibility index (Phi) is 7.99. The second-order valence-electron chi connectivity index (χ2n) is 10.7. The van der Waals surface area contributed by atoms with Crippen LogP contribution in [0.1, 0.15) is 57.0 Å². The summed E-state index contributed by atoms with van der Waals surface area (Å²) in [6, 6.07) is 18.5. The molecule has 10 heteroatoms. The number of thiazole rings is 1. The molecule has 0 saturated carbocycles. The lowest BCUT2D eigenvalue weighted by atomic mass is 9.93. The standard InChI is InChI=1S/C35H29FN4O3S2/c1-6-43-34(42)29-30(23-10-8-7-9-11-23)38-35-40(31(29)24-12-14-26(36)15-13-24)32(41)28(45-35)17-25-16-19(2)39(21(25)4)33-27(18-37)20(3)22(5)44-33/h7-17,31H,6H2,1-5H3/b28-17+/t31-/m1/s1. The summed E-state index contributed by atoms with van der Waals surface area (Å²) in [6.07, 6.45) is 1.83. The molecule has 226 valence electrons. The minimum Gasteiger partial charge on any atom is -0.463 e. The van der Waals surface area contributed by atoms with E-state index in [4.69, 9.17) is 9.73 Å². The van der Waals surface area contributed by atoms with Crippen LogP contribution in [0.15, 0.2) is 76.0 Å². The SMILES string of the molecule is CCOC(=O)C1=C(c2ccccc2)N=c2s/c(=C/c3cc(C)n(-c4sc(C)c(C)c4C#N)c3C)c(=O)n2[C@@H]1c1ccc(F)cc1. The van der Waals surface area contributed by atoms with Gasteiger partial charge in [0, 0.05) is 21.8 Å². The third-order valence-corrected chi connectivity index (χ3v) is 10.2. The Hall–Kier alpha value is -4.85. The van der Waals surface area contributed by atoms with Gasteiger partial charge >= 0.3 is 5.97 Å². The highest BCUT2D eigenvalue weighted by molar-refractivity contribution is 7.15. The van der Waals surface area contributed by atoms with Crippen molar-refractivity contribution in [2.45, 2.75) is 40.7 Å². The van der Waals surface area contributed by atoms with E-state index in [1.807, 2.05) is 70.2 Å². The quantitative estimate of drug-likeness (QED) is 0.213. The van der Waals surface area contributed by atoms with Crippen LogP contribution in [0.3, 0.4) is 0 Å². The number of aryl methyl sites for hydroxylation is 2. The summed E-state index contributed by atoms with van der Waals surface area (Å²) in [7, 11) is 0. The monoisotopic (exact) mass is 636 g/mol. The molecule has 0 amide bonds. The lowest BCUT2D eigenvalue weighted by Gasteiger charge is -2.25. The number of halogens is 1. The van der Waals surface area contributed by atoms with Crippen LogP contribution in [0.25, 0.3) is 16.8 Å². The molecule has 45 heavy (non-hydrogen) atoms. The molecule has 1 atom stereocenters. The summed E-state index contributed by atoms with van der Waals surface area (Å²) in [5, 5.41) is 10.7. The predicted octanol–water partition coefficient (Wildman–Crippen LogP) is 6.03. The second-order valence-corrected chi connectivity index (χ2v) is 12.9. The van der Waals surface area contributed by atoms with Gasteiger partial charge in [0.1, 0.15) is 16.9 Å². The summed E-state index contributed by atoms with van der Waals surface area (Å²) in [5.41, 5.74) is 5.80. The van der Waals surface area contributed by atoms with E-state index < -0.39 is 17.8 Å². The van der Waals surface area contributed by atoms with Crippen molar-refractivity contribution in [3.8, 4) is 11.1 Å². The normalized spacial score (nSPS) is 14.7. The van der Waals surface area contributed by atoms with E-state index in [1.54, 1.807) is 30.4 Å². The molecule has 7 nitrogen and oxygen atoms in total. The highest BCUT2D eigenvalue weighted by atomic mass is 32.1. The average Bonchev–Trinajstić information content (AvgIpc) is 3.61. The molecule has 0 aliphatic carbocycles. The van der Waals surface area contributed by atoms with Gasteiger partial charge in [-0.05, 0) is 75.6 Å². The van der Waals surface area contributed by atoms with Gasteiger partial charge in [-0.2, -0.15) is 5.26 Å². The molecule has 0 unspecified atom stereocenters. The van der Waals surface area contributed by atoms with Gasteiger partial charge in [0.25, 0.3) is 5.56 Å². The molecule has 3 aromatic heterocycles. The number of nitriles is 1. The van der Waals surface area contributed by atoms with E-state index in [1.165, 1.54) is 28.0 Å². The fourth-order valence-corrected chi connectivity index (χ4v) is 7.90. The molecule has 0 saturated heterocycles. The van der Waals surface area contributed by atoms with Gasteiger partial charge in [0.05, 0.1) is 34.0 Å². The van der Waals surface area contributed by atoms with Gasteiger partial charge in [0.15, 0.2) is 4.80 Å². The van der Waals surface area contributed by atoms with Gasteiger partial charge in [-0.25, -0.2) is 14.2 Å². The lowest BCUT2D eigenvalue weighted by molar-refractivity contribution is -0.138. The molecule has 5 aromatic rings. The molecular weight excluding hydrogens is 608 g/mol. The van der Waals surface area contributed by atoms with Crippen molar-refractivity contribution in [3.63, 3.8) is 0 Å². The number of ether oxygens (including phenoxy) is 1. The van der Waals surface area contributed by atoms with Gasteiger partial charge in [-0.3, -0.25) is 9.36 Å². The smallest absolute Gasteiger partial charge is 0.338 e. The summed E-state index contributed by atoms with van der Waals surface area (Å²) >= 11 is 2.79. The van der Waals surface area contributed by atoms with Crippen LogP contribution < -0.4 is 14.9 Å². The number of thiophene rings is 1. The van der Waals surface area contributed by atoms with Gasteiger partial charge in [0.2, 0.25) is 0 Å². The Morgan fingerprint density at radius 3 is 2.47 bits per heavy atom. The van der Waals surface area contributed by atoms with E-state index in [0.717, 1.165) is 32.4 Å². The third kappa shape index (κ3) is 5.18. The molecule has 0 radical (unpaired) electrons. The zero-order valence-corrected chi connectivity index (χ0v) is 27.0. The van der Waals surface area contributed by atoms with Crippen LogP contribution in [0.4, 0.5) is 4.39 Å². The summed E-state index contributed by atoms with van der Waals surface area (Å²) in [5.74, 6) is -1.02. The van der Waals surface area contributed by atoms with Crippen molar-refractivity contribution in [2.75, 3.05) is 6.61 Å². The van der Waals surface area contributed by atoms with E-state index in [2.05, 4.69) is 10.6 Å². The maximum atomic E-state index is 14.2. The predicted molar refractivity (Wildman–Crippen MR) is 175 cm³/mol. The van der Waals surface area contributed by atoms with Crippen molar-refractivity contribution in [2.24, 2.45) is 4.99 Å². The highest BCUT2D eigenvalue weighted by Crippen LogP contribution is 2.36. The van der Waals surface area contributed by atoms with Crippen LogP contribution in [0, 0.1) is 44.8 Å². The number of fused-ring (bicyclic) bond motifs is 1. The van der Waals surface area contributed by atoms with Crippen molar-refractivity contribution in [3.05, 3.63) is 136 Å². The highest BCUT2D eigenvalue weighted by Gasteiger charge is 2.35. The average molecular weight is 637 g/mol. The number of aromatic nitrogens is 2. The minimum absolute atomic E-state index is 0.136. The maximum Gasteiger partial charge on any atom is 0.338 e. The van der Waals surface area contributed by atoms with Crippen molar-refractivity contribution < 1.29 is 13.9 Å². The first-order valence-electron chi connectivity index (χ1n) is 14.4. The fourth-order valence-electron chi connectivity index (χ4n) is 5.69. The first kappa shape index (κ1) is 30.2. The van der Waals surface area contributed by atoms with E-state index in [9.17, 15) is 19.2 Å². The topological polar surface area (TPSA) is 89.4 Å². The summed E-state index contributed by atoms with van der Waals surface area (Å²) in [6.45, 7) is 9.76. The van der Waals surface area contributed by atoms with Crippen LogP contribution in [-0.2, 0) is 9.53 Å². The van der Waals surface area contributed by atoms with Gasteiger partial charge in [-0.15, -0.1) is 11.3 Å². The zero-order chi connectivity index (χ0) is 32.0. The van der Waals surface area contributed by atoms with Crippen molar-refractivity contribution >= 4 is 40.4 Å². The maximum absolute atomic E-state index is 14.2. The lowest BCUT2D eigenvalue weighted by Crippen LogP contribution is -2.40. The molecule has 0 fully saturated rings. The van der Waals surface area contributed by atoms with E-state index in [0.29, 0.717) is 31.7 Å². The molecule has 6 rings (SSSR count). The van der Waals surface area contributed by atoms with Crippen molar-refractivity contribution in [1.82, 2.24) is 9.13 Å². The van der Waals surface area contributed by atoms with Crippen LogP contribution in [0.5, 0.6) is 0 Å². The molecule has 1 aliphatic heterocycles. The van der Waals surface area contributed by atoms with Crippen LogP contribution >= 0.6 is 22.7 Å². The third-order valence-electron chi connectivity index (χ3n) is 8.00. The Morgan fingerprint density at radius 2 is 1.80 bits per heavy atom. The van der Waals surface area contributed by atoms with Crippen LogP contribution in [-0.4, -0.2) is 21.7 Å². The number of nitrogens with zero attached hydrogens (tertiary/aromatic N) is 4. The van der Waals surface area contributed by atoms with Gasteiger partial charge in [-0.1, -0.05) is 53.8 Å². The second kappa shape index (κ2) is 11.9. The first-order chi connectivity index (χ1) is 21.6. The largest absolute Gasteiger partial charge is 0.463 e. The van der Waals surface area contributed by atoms with Gasteiger partial charge < -0.3 is 9.30 Å². The number of esters is 1. The molecule has 0 bridgehead atoms. The minimum atomic E-state index is -0.888.